The van der Waals surface area contributed by atoms with Crippen LogP contribution in [0.1, 0.15) is 18.9 Å². The molecule has 0 heterocycles. The highest BCUT2D eigenvalue weighted by atomic mass is 35.5. The monoisotopic (exact) mass is 228 g/mol. The van der Waals surface area contributed by atoms with Crippen LogP contribution in [0, 0.1) is 0 Å². The lowest BCUT2D eigenvalue weighted by molar-refractivity contribution is 0.398. The number of alkyl halides is 1. The highest BCUT2D eigenvalue weighted by Crippen LogP contribution is 2.26. The fourth-order valence-corrected chi connectivity index (χ4v) is 1.59. The van der Waals surface area contributed by atoms with E-state index in [4.69, 9.17) is 21.1 Å². The highest BCUT2D eigenvalue weighted by molar-refractivity contribution is 6.20. The first-order valence-corrected chi connectivity index (χ1v) is 5.49. The Morgan fingerprint density at radius 3 is 2.53 bits per heavy atom. The molecule has 1 atom stereocenters. The molecule has 0 radical (unpaired) electrons. The lowest BCUT2D eigenvalue weighted by atomic mass is 10.1. The van der Waals surface area contributed by atoms with Crippen LogP contribution in [0.5, 0.6) is 11.5 Å². The zero-order chi connectivity index (χ0) is 11.3. The maximum Gasteiger partial charge on any atom is 0.122 e. The largest absolute Gasteiger partial charge is 0.497 e. The maximum absolute atomic E-state index is 6.13. The van der Waals surface area contributed by atoms with Crippen LogP contribution in [-0.4, -0.2) is 19.6 Å². The molecule has 0 saturated carbocycles. The van der Waals surface area contributed by atoms with Crippen molar-refractivity contribution in [3.8, 4) is 11.5 Å². The Kier molecular flexibility index (Phi) is 4.76. The van der Waals surface area contributed by atoms with Crippen LogP contribution in [0.2, 0.25) is 0 Å². The summed E-state index contributed by atoms with van der Waals surface area (Å²) in [5, 5.41) is 0.144. The van der Waals surface area contributed by atoms with Crippen LogP contribution in [-0.2, 0) is 6.42 Å². The highest BCUT2D eigenvalue weighted by Gasteiger charge is 2.09. The Hall–Kier alpha value is -0.890. The van der Waals surface area contributed by atoms with Gasteiger partial charge in [0.25, 0.3) is 0 Å². The van der Waals surface area contributed by atoms with E-state index in [1.807, 2.05) is 18.2 Å². The lowest BCUT2D eigenvalue weighted by Gasteiger charge is -2.12. The standard InChI is InChI=1S/C12H17ClO2/c1-4-10(13)7-9-8-11(14-2)5-6-12(9)15-3/h5-6,8,10H,4,7H2,1-3H3. The molecule has 0 aliphatic heterocycles. The molecular formula is C12H17ClO2. The number of hydrogen-bond acceptors (Lipinski definition) is 2. The van der Waals surface area contributed by atoms with Crippen LogP contribution >= 0.6 is 11.6 Å². The molecule has 3 heteroatoms. The van der Waals surface area contributed by atoms with Gasteiger partial charge >= 0.3 is 0 Å². The number of benzene rings is 1. The molecule has 0 spiro atoms. The molecular weight excluding hydrogens is 212 g/mol. The molecule has 1 unspecified atom stereocenters. The van der Waals surface area contributed by atoms with Crippen molar-refractivity contribution in [1.29, 1.82) is 0 Å². The van der Waals surface area contributed by atoms with E-state index >= 15 is 0 Å². The second kappa shape index (κ2) is 5.86. The minimum absolute atomic E-state index is 0.144. The molecule has 1 aromatic carbocycles. The molecule has 15 heavy (non-hydrogen) atoms. The second-order valence-corrected chi connectivity index (χ2v) is 4.00. The molecule has 84 valence electrons. The number of ether oxygens (including phenoxy) is 2. The predicted molar refractivity (Wildman–Crippen MR) is 63.2 cm³/mol. The third kappa shape index (κ3) is 3.31. The molecule has 0 aliphatic carbocycles. The molecule has 0 saturated heterocycles. The molecule has 1 aromatic rings. The average molecular weight is 229 g/mol. The van der Waals surface area contributed by atoms with E-state index in [0.29, 0.717) is 0 Å². The van der Waals surface area contributed by atoms with Crippen molar-refractivity contribution >= 4 is 11.6 Å². The molecule has 0 aromatic heterocycles. The van der Waals surface area contributed by atoms with Gasteiger partial charge in [0.2, 0.25) is 0 Å². The zero-order valence-corrected chi connectivity index (χ0v) is 10.2. The Morgan fingerprint density at radius 2 is 2.00 bits per heavy atom. The molecule has 0 amide bonds. The Bertz CT molecular complexity index is 312. The van der Waals surface area contributed by atoms with Gasteiger partial charge in [0, 0.05) is 5.38 Å². The van der Waals surface area contributed by atoms with E-state index < -0.39 is 0 Å². The molecule has 0 aliphatic rings. The van der Waals surface area contributed by atoms with Gasteiger partial charge in [0.05, 0.1) is 14.2 Å². The molecule has 1 rings (SSSR count). The van der Waals surface area contributed by atoms with Crippen molar-refractivity contribution < 1.29 is 9.47 Å². The minimum atomic E-state index is 0.144. The van der Waals surface area contributed by atoms with Crippen molar-refractivity contribution in [2.45, 2.75) is 25.1 Å². The van der Waals surface area contributed by atoms with Crippen molar-refractivity contribution in [1.82, 2.24) is 0 Å². The number of methoxy groups -OCH3 is 2. The summed E-state index contributed by atoms with van der Waals surface area (Å²) >= 11 is 6.13. The van der Waals surface area contributed by atoms with E-state index in [0.717, 1.165) is 29.9 Å². The number of hydrogen-bond donors (Lipinski definition) is 0. The first-order chi connectivity index (χ1) is 7.21. The molecule has 2 nitrogen and oxygen atoms in total. The van der Waals surface area contributed by atoms with E-state index in [1.54, 1.807) is 14.2 Å². The van der Waals surface area contributed by atoms with Crippen LogP contribution in [0.3, 0.4) is 0 Å². The summed E-state index contributed by atoms with van der Waals surface area (Å²) < 4.78 is 10.4. The van der Waals surface area contributed by atoms with Crippen LogP contribution in [0.4, 0.5) is 0 Å². The lowest BCUT2D eigenvalue weighted by Crippen LogP contribution is -2.03. The van der Waals surface area contributed by atoms with Gasteiger partial charge in [-0.05, 0) is 36.6 Å². The normalized spacial score (nSPS) is 12.3. The summed E-state index contributed by atoms with van der Waals surface area (Å²) in [6.45, 7) is 2.07. The second-order valence-electron chi connectivity index (χ2n) is 3.39. The minimum Gasteiger partial charge on any atom is -0.497 e. The smallest absolute Gasteiger partial charge is 0.122 e. The number of rotatable bonds is 5. The Balaban J connectivity index is 2.90. The van der Waals surface area contributed by atoms with Crippen LogP contribution in [0.25, 0.3) is 0 Å². The van der Waals surface area contributed by atoms with Gasteiger partial charge < -0.3 is 9.47 Å². The topological polar surface area (TPSA) is 18.5 Å². The van der Waals surface area contributed by atoms with Gasteiger partial charge in [-0.15, -0.1) is 11.6 Å². The Morgan fingerprint density at radius 1 is 1.27 bits per heavy atom. The quantitative estimate of drug-likeness (QED) is 0.721. The SMILES string of the molecule is CCC(Cl)Cc1cc(OC)ccc1OC. The van der Waals surface area contributed by atoms with E-state index in [2.05, 4.69) is 6.92 Å². The zero-order valence-electron chi connectivity index (χ0n) is 9.42. The van der Waals surface area contributed by atoms with E-state index in [-0.39, 0.29) is 5.38 Å². The summed E-state index contributed by atoms with van der Waals surface area (Å²) in [6.07, 6.45) is 1.75. The average Bonchev–Trinajstić information content (AvgIpc) is 2.28. The first kappa shape index (κ1) is 12.2. The molecule has 0 bridgehead atoms. The third-order valence-electron chi connectivity index (χ3n) is 2.37. The van der Waals surface area contributed by atoms with Gasteiger partial charge in [-0.25, -0.2) is 0 Å². The molecule has 0 fully saturated rings. The summed E-state index contributed by atoms with van der Waals surface area (Å²) in [4.78, 5) is 0. The predicted octanol–water partition coefficient (Wildman–Crippen LogP) is 3.26. The molecule has 0 N–H and O–H groups in total. The van der Waals surface area contributed by atoms with Crippen molar-refractivity contribution in [3.63, 3.8) is 0 Å². The fraction of sp³-hybridized carbons (Fsp3) is 0.500. The van der Waals surface area contributed by atoms with Crippen LogP contribution < -0.4 is 9.47 Å². The fourth-order valence-electron chi connectivity index (χ4n) is 1.42. The van der Waals surface area contributed by atoms with Crippen molar-refractivity contribution in [2.24, 2.45) is 0 Å². The maximum atomic E-state index is 6.13. The van der Waals surface area contributed by atoms with Gasteiger partial charge in [0.15, 0.2) is 0 Å². The summed E-state index contributed by atoms with van der Waals surface area (Å²) in [7, 11) is 3.32. The van der Waals surface area contributed by atoms with Crippen molar-refractivity contribution in [3.05, 3.63) is 23.8 Å². The number of halogens is 1. The first-order valence-electron chi connectivity index (χ1n) is 5.06. The van der Waals surface area contributed by atoms with E-state index in [9.17, 15) is 0 Å². The van der Waals surface area contributed by atoms with Crippen molar-refractivity contribution in [2.75, 3.05) is 14.2 Å². The summed E-state index contributed by atoms with van der Waals surface area (Å²) in [5.74, 6) is 1.71. The van der Waals surface area contributed by atoms with E-state index in [1.165, 1.54) is 0 Å². The van der Waals surface area contributed by atoms with Gasteiger partial charge in [-0.1, -0.05) is 6.92 Å². The summed E-state index contributed by atoms with van der Waals surface area (Å²) in [6, 6.07) is 5.77. The third-order valence-corrected chi connectivity index (χ3v) is 2.83. The van der Waals surface area contributed by atoms with Gasteiger partial charge in [-0.2, -0.15) is 0 Å². The summed E-state index contributed by atoms with van der Waals surface area (Å²) in [5.41, 5.74) is 1.10. The van der Waals surface area contributed by atoms with Gasteiger partial charge in [0.1, 0.15) is 11.5 Å². The van der Waals surface area contributed by atoms with Gasteiger partial charge in [-0.3, -0.25) is 0 Å². The Labute approximate surface area is 96.2 Å². The van der Waals surface area contributed by atoms with Crippen LogP contribution in [0.15, 0.2) is 18.2 Å².